The number of ether oxygens (including phenoxy) is 1. The van der Waals surface area contributed by atoms with E-state index in [1.807, 2.05) is 36.4 Å². The average Bonchev–Trinajstić information content (AvgIpc) is 2.50. The maximum absolute atomic E-state index is 6.33. The minimum atomic E-state index is 0.741. The van der Waals surface area contributed by atoms with Crippen molar-refractivity contribution in [3.63, 3.8) is 0 Å². The van der Waals surface area contributed by atoms with Gasteiger partial charge in [-0.15, -0.1) is 0 Å². The third-order valence-corrected chi connectivity index (χ3v) is 3.70. The lowest BCUT2D eigenvalue weighted by molar-refractivity contribution is 0.476. The Hall–Kier alpha value is -1.51. The molecule has 0 heterocycles. The van der Waals surface area contributed by atoms with Crippen molar-refractivity contribution in [1.82, 2.24) is 5.32 Å². The summed E-state index contributed by atoms with van der Waals surface area (Å²) in [6.07, 6.45) is 2.07. The lowest BCUT2D eigenvalue weighted by Crippen LogP contribution is -2.13. The van der Waals surface area contributed by atoms with Gasteiger partial charge in [-0.2, -0.15) is 0 Å². The van der Waals surface area contributed by atoms with E-state index in [-0.39, 0.29) is 0 Å². The predicted molar refractivity (Wildman–Crippen MR) is 89.3 cm³/mol. The molecule has 1 N–H and O–H groups in total. The summed E-state index contributed by atoms with van der Waals surface area (Å²) >= 11 is 6.33. The third kappa shape index (κ3) is 4.48. The van der Waals surface area contributed by atoms with E-state index >= 15 is 0 Å². The molecule has 2 aromatic carbocycles. The van der Waals surface area contributed by atoms with Crippen LogP contribution in [-0.2, 0) is 13.0 Å². The summed E-state index contributed by atoms with van der Waals surface area (Å²) in [4.78, 5) is 0. The highest BCUT2D eigenvalue weighted by atomic mass is 35.5. The average molecular weight is 304 g/mol. The topological polar surface area (TPSA) is 21.3 Å². The van der Waals surface area contributed by atoms with Crippen LogP contribution < -0.4 is 10.1 Å². The van der Waals surface area contributed by atoms with E-state index in [2.05, 4.69) is 25.2 Å². The van der Waals surface area contributed by atoms with Crippen LogP contribution in [0, 0.1) is 0 Å². The molecule has 112 valence electrons. The molecule has 0 spiro atoms. The van der Waals surface area contributed by atoms with Crippen LogP contribution in [0.1, 0.15) is 31.4 Å². The first-order valence-corrected chi connectivity index (χ1v) is 7.87. The van der Waals surface area contributed by atoms with Crippen molar-refractivity contribution in [3.05, 3.63) is 58.6 Å². The van der Waals surface area contributed by atoms with Crippen molar-refractivity contribution < 1.29 is 4.74 Å². The minimum absolute atomic E-state index is 0.741. The lowest BCUT2D eigenvalue weighted by Gasteiger charge is -2.12. The predicted octanol–water partition coefficient (Wildman–Crippen LogP) is 5.19. The van der Waals surface area contributed by atoms with Crippen LogP contribution in [0.2, 0.25) is 5.02 Å². The fraction of sp³-hybridized carbons (Fsp3) is 0.333. The van der Waals surface area contributed by atoms with E-state index in [0.29, 0.717) is 0 Å². The molecule has 0 aliphatic heterocycles. The Morgan fingerprint density at radius 2 is 1.86 bits per heavy atom. The van der Waals surface area contributed by atoms with Gasteiger partial charge in [0.15, 0.2) is 0 Å². The summed E-state index contributed by atoms with van der Waals surface area (Å²) in [5.74, 6) is 1.67. The number of halogens is 1. The molecule has 2 nitrogen and oxygen atoms in total. The lowest BCUT2D eigenvalue weighted by atomic mass is 10.1. The van der Waals surface area contributed by atoms with Crippen LogP contribution >= 0.6 is 11.6 Å². The number of aryl methyl sites for hydroxylation is 1. The van der Waals surface area contributed by atoms with Gasteiger partial charge in [0, 0.05) is 11.6 Å². The largest absolute Gasteiger partial charge is 0.457 e. The van der Waals surface area contributed by atoms with Crippen LogP contribution in [-0.4, -0.2) is 6.54 Å². The summed E-state index contributed by atoms with van der Waals surface area (Å²) in [6, 6.07) is 14.0. The molecule has 2 aromatic rings. The summed E-state index contributed by atoms with van der Waals surface area (Å²) in [5, 5.41) is 4.10. The molecule has 0 radical (unpaired) electrons. The van der Waals surface area contributed by atoms with E-state index in [4.69, 9.17) is 16.3 Å². The normalized spacial score (nSPS) is 10.6. The quantitative estimate of drug-likeness (QED) is 0.710. The minimum Gasteiger partial charge on any atom is -0.457 e. The molecule has 0 atom stereocenters. The van der Waals surface area contributed by atoms with Crippen molar-refractivity contribution in [1.29, 1.82) is 0 Å². The second-order valence-corrected chi connectivity index (χ2v) is 5.40. The van der Waals surface area contributed by atoms with Crippen molar-refractivity contribution in [3.8, 4) is 11.5 Å². The Labute approximate surface area is 132 Å². The molecule has 21 heavy (non-hydrogen) atoms. The van der Waals surface area contributed by atoms with Crippen LogP contribution in [0.3, 0.4) is 0 Å². The van der Waals surface area contributed by atoms with Crippen molar-refractivity contribution >= 4 is 11.6 Å². The van der Waals surface area contributed by atoms with Gasteiger partial charge in [0.05, 0.1) is 0 Å². The molecular formula is C18H22ClNO. The first kappa shape index (κ1) is 15.9. The van der Waals surface area contributed by atoms with Crippen molar-refractivity contribution in [2.45, 2.75) is 33.2 Å². The smallest absolute Gasteiger partial charge is 0.130 e. The molecule has 3 heteroatoms. The summed E-state index contributed by atoms with van der Waals surface area (Å²) in [7, 11) is 0. The van der Waals surface area contributed by atoms with E-state index in [1.165, 1.54) is 5.56 Å². The molecule has 0 aromatic heterocycles. The second kappa shape index (κ2) is 8.06. The molecule has 0 fully saturated rings. The van der Waals surface area contributed by atoms with Crippen LogP contribution in [0.15, 0.2) is 42.5 Å². The van der Waals surface area contributed by atoms with Crippen LogP contribution in [0.4, 0.5) is 0 Å². The Bertz CT molecular complexity index is 583. The summed E-state index contributed by atoms with van der Waals surface area (Å²) in [5.41, 5.74) is 2.29. The fourth-order valence-electron chi connectivity index (χ4n) is 2.16. The van der Waals surface area contributed by atoms with Gasteiger partial charge in [-0.05, 0) is 48.7 Å². The fourth-order valence-corrected chi connectivity index (χ4v) is 2.39. The number of para-hydroxylation sites is 1. The number of hydrogen-bond acceptors (Lipinski definition) is 2. The van der Waals surface area contributed by atoms with Gasteiger partial charge in [-0.1, -0.05) is 49.7 Å². The molecule has 2 rings (SSSR count). The standard InChI is InChI=1S/C18H22ClNO/c1-3-11-20-13-15-9-10-16(12-17(15)19)21-18-8-6-5-7-14(18)4-2/h5-10,12,20H,3-4,11,13H2,1-2H3. The Kier molecular flexibility index (Phi) is 6.09. The van der Waals surface area contributed by atoms with Gasteiger partial charge >= 0.3 is 0 Å². The molecule has 0 aliphatic rings. The van der Waals surface area contributed by atoms with Gasteiger partial charge in [0.2, 0.25) is 0 Å². The van der Waals surface area contributed by atoms with E-state index < -0.39 is 0 Å². The molecule has 0 amide bonds. The van der Waals surface area contributed by atoms with Gasteiger partial charge in [-0.3, -0.25) is 0 Å². The van der Waals surface area contributed by atoms with E-state index in [9.17, 15) is 0 Å². The molecule has 0 saturated heterocycles. The zero-order valence-corrected chi connectivity index (χ0v) is 13.4. The van der Waals surface area contributed by atoms with Gasteiger partial charge < -0.3 is 10.1 Å². The van der Waals surface area contributed by atoms with Gasteiger partial charge in [0.1, 0.15) is 11.5 Å². The summed E-state index contributed by atoms with van der Waals surface area (Å²) in [6.45, 7) is 6.06. The van der Waals surface area contributed by atoms with Crippen molar-refractivity contribution in [2.24, 2.45) is 0 Å². The second-order valence-electron chi connectivity index (χ2n) is 4.99. The maximum Gasteiger partial charge on any atom is 0.130 e. The molecule has 0 unspecified atom stereocenters. The first-order valence-electron chi connectivity index (χ1n) is 7.49. The Morgan fingerprint density at radius 3 is 2.57 bits per heavy atom. The maximum atomic E-state index is 6.33. The Balaban J connectivity index is 2.09. The summed E-state index contributed by atoms with van der Waals surface area (Å²) < 4.78 is 5.96. The van der Waals surface area contributed by atoms with Gasteiger partial charge in [0.25, 0.3) is 0 Å². The molecule has 0 saturated carbocycles. The SMILES string of the molecule is CCCNCc1ccc(Oc2ccccc2CC)cc1Cl. The number of benzene rings is 2. The van der Waals surface area contributed by atoms with Crippen molar-refractivity contribution in [2.75, 3.05) is 6.54 Å². The third-order valence-electron chi connectivity index (χ3n) is 3.35. The first-order chi connectivity index (χ1) is 10.2. The van der Waals surface area contributed by atoms with E-state index in [1.54, 1.807) is 0 Å². The highest BCUT2D eigenvalue weighted by molar-refractivity contribution is 6.31. The molecule has 0 aliphatic carbocycles. The highest BCUT2D eigenvalue weighted by Gasteiger charge is 2.06. The van der Waals surface area contributed by atoms with Crippen LogP contribution in [0.25, 0.3) is 0 Å². The zero-order chi connectivity index (χ0) is 15.1. The Morgan fingerprint density at radius 1 is 1.05 bits per heavy atom. The molecule has 0 bridgehead atoms. The number of hydrogen-bond donors (Lipinski definition) is 1. The van der Waals surface area contributed by atoms with E-state index in [0.717, 1.165) is 48.0 Å². The van der Waals surface area contributed by atoms with Crippen LogP contribution in [0.5, 0.6) is 11.5 Å². The number of rotatable bonds is 7. The number of nitrogens with one attached hydrogen (secondary N) is 1. The zero-order valence-electron chi connectivity index (χ0n) is 12.7. The molecular weight excluding hydrogens is 282 g/mol. The highest BCUT2D eigenvalue weighted by Crippen LogP contribution is 2.29. The monoisotopic (exact) mass is 303 g/mol. The van der Waals surface area contributed by atoms with Gasteiger partial charge in [-0.25, -0.2) is 0 Å².